The predicted molar refractivity (Wildman–Crippen MR) is 69.9 cm³/mol. The van der Waals surface area contributed by atoms with Crippen LogP contribution in [0.25, 0.3) is 0 Å². The first kappa shape index (κ1) is 17.3. The molecule has 1 unspecified atom stereocenters. The van der Waals surface area contributed by atoms with Crippen LogP contribution in [-0.2, 0) is 4.74 Å². The Balaban J connectivity index is 2.66. The first-order valence-electron chi connectivity index (χ1n) is 6.08. The van der Waals surface area contributed by atoms with Gasteiger partial charge in [-0.1, -0.05) is 0 Å². The van der Waals surface area contributed by atoms with Crippen molar-refractivity contribution in [3.05, 3.63) is 29.8 Å². The lowest BCUT2D eigenvalue weighted by Crippen LogP contribution is -2.41. The van der Waals surface area contributed by atoms with E-state index in [4.69, 9.17) is 10.5 Å². The van der Waals surface area contributed by atoms with Crippen LogP contribution in [0, 0.1) is 0 Å². The molecule has 1 aromatic rings. The fourth-order valence-corrected chi connectivity index (χ4v) is 1.72. The quantitative estimate of drug-likeness (QED) is 0.867. The Morgan fingerprint density at radius 1 is 1.33 bits per heavy atom. The second-order valence-electron chi connectivity index (χ2n) is 4.47. The first-order valence-corrected chi connectivity index (χ1v) is 6.08. The molecule has 0 heterocycles. The SMILES string of the molecule is COCC(N)CN(C)C(=O)c1ccc(OC(F)(F)F)cc1. The van der Waals surface area contributed by atoms with E-state index in [-0.39, 0.29) is 29.8 Å². The fourth-order valence-electron chi connectivity index (χ4n) is 1.72. The van der Waals surface area contributed by atoms with Gasteiger partial charge in [0, 0.05) is 32.3 Å². The summed E-state index contributed by atoms with van der Waals surface area (Å²) in [4.78, 5) is 13.4. The average molecular weight is 306 g/mol. The predicted octanol–water partition coefficient (Wildman–Crippen LogP) is 1.63. The van der Waals surface area contributed by atoms with Gasteiger partial charge in [-0.25, -0.2) is 0 Å². The molecule has 2 N–H and O–H groups in total. The van der Waals surface area contributed by atoms with Crippen LogP contribution in [0.5, 0.6) is 5.75 Å². The molecule has 8 heteroatoms. The summed E-state index contributed by atoms with van der Waals surface area (Å²) in [6.45, 7) is 0.573. The molecule has 0 saturated heterocycles. The van der Waals surface area contributed by atoms with E-state index in [1.54, 1.807) is 7.05 Å². The lowest BCUT2D eigenvalue weighted by atomic mass is 10.2. The molecule has 0 bridgehead atoms. The topological polar surface area (TPSA) is 64.8 Å². The number of halogens is 3. The molecule has 0 fully saturated rings. The largest absolute Gasteiger partial charge is 0.573 e. The molecule has 0 spiro atoms. The number of ether oxygens (including phenoxy) is 2. The number of hydrogen-bond acceptors (Lipinski definition) is 4. The Morgan fingerprint density at radius 2 is 1.90 bits per heavy atom. The van der Waals surface area contributed by atoms with Crippen molar-refractivity contribution >= 4 is 5.91 Å². The Hall–Kier alpha value is -1.80. The van der Waals surface area contributed by atoms with Gasteiger partial charge < -0.3 is 20.1 Å². The van der Waals surface area contributed by atoms with Crippen LogP contribution in [-0.4, -0.2) is 50.5 Å². The number of nitrogens with two attached hydrogens (primary N) is 1. The smallest absolute Gasteiger partial charge is 0.406 e. The van der Waals surface area contributed by atoms with Crippen LogP contribution in [0.3, 0.4) is 0 Å². The number of rotatable bonds is 6. The number of likely N-dealkylation sites (N-methyl/N-ethyl adjacent to an activating group) is 1. The molecule has 0 aliphatic heterocycles. The third kappa shape index (κ3) is 6.01. The van der Waals surface area contributed by atoms with E-state index in [2.05, 4.69) is 4.74 Å². The molecular weight excluding hydrogens is 289 g/mol. The van der Waals surface area contributed by atoms with E-state index in [1.807, 2.05) is 0 Å². The molecule has 0 radical (unpaired) electrons. The van der Waals surface area contributed by atoms with E-state index in [0.717, 1.165) is 12.1 Å². The number of carbonyl (C=O) groups excluding carboxylic acids is 1. The maximum Gasteiger partial charge on any atom is 0.573 e. The summed E-state index contributed by atoms with van der Waals surface area (Å²) in [5.41, 5.74) is 5.98. The zero-order valence-corrected chi connectivity index (χ0v) is 11.7. The molecule has 0 aliphatic rings. The molecule has 1 amide bonds. The lowest BCUT2D eigenvalue weighted by molar-refractivity contribution is -0.274. The van der Waals surface area contributed by atoms with E-state index in [1.165, 1.54) is 24.1 Å². The van der Waals surface area contributed by atoms with Crippen molar-refractivity contribution in [1.82, 2.24) is 4.90 Å². The van der Waals surface area contributed by atoms with Gasteiger partial charge in [0.25, 0.3) is 5.91 Å². The van der Waals surface area contributed by atoms with E-state index < -0.39 is 6.36 Å². The second-order valence-corrected chi connectivity index (χ2v) is 4.47. The molecule has 118 valence electrons. The minimum atomic E-state index is -4.75. The number of nitrogens with zero attached hydrogens (tertiary/aromatic N) is 1. The van der Waals surface area contributed by atoms with Gasteiger partial charge in [0.1, 0.15) is 5.75 Å². The fraction of sp³-hybridized carbons (Fsp3) is 0.462. The summed E-state index contributed by atoms with van der Waals surface area (Å²) in [6.07, 6.45) is -4.75. The van der Waals surface area contributed by atoms with Crippen LogP contribution >= 0.6 is 0 Å². The minimum absolute atomic E-state index is 0.247. The molecule has 1 aromatic carbocycles. The van der Waals surface area contributed by atoms with Crippen LogP contribution in [0.1, 0.15) is 10.4 Å². The van der Waals surface area contributed by atoms with Crippen LogP contribution in [0.2, 0.25) is 0 Å². The van der Waals surface area contributed by atoms with Gasteiger partial charge in [-0.2, -0.15) is 0 Å². The monoisotopic (exact) mass is 306 g/mol. The number of methoxy groups -OCH3 is 1. The highest BCUT2D eigenvalue weighted by Gasteiger charge is 2.31. The maximum absolute atomic E-state index is 12.0. The van der Waals surface area contributed by atoms with Gasteiger partial charge in [-0.05, 0) is 24.3 Å². The lowest BCUT2D eigenvalue weighted by Gasteiger charge is -2.21. The molecular formula is C13H17F3N2O3. The zero-order chi connectivity index (χ0) is 16.0. The van der Waals surface area contributed by atoms with Gasteiger partial charge in [0.2, 0.25) is 0 Å². The highest BCUT2D eigenvalue weighted by Crippen LogP contribution is 2.22. The number of hydrogen-bond donors (Lipinski definition) is 1. The van der Waals surface area contributed by atoms with Gasteiger partial charge in [-0.15, -0.1) is 13.2 Å². The van der Waals surface area contributed by atoms with Crippen molar-refractivity contribution in [3.63, 3.8) is 0 Å². The zero-order valence-electron chi connectivity index (χ0n) is 11.7. The Morgan fingerprint density at radius 3 is 2.38 bits per heavy atom. The van der Waals surface area contributed by atoms with Crippen molar-refractivity contribution in [2.75, 3.05) is 27.3 Å². The van der Waals surface area contributed by atoms with Crippen molar-refractivity contribution in [2.24, 2.45) is 5.73 Å². The van der Waals surface area contributed by atoms with E-state index >= 15 is 0 Å². The van der Waals surface area contributed by atoms with Crippen LogP contribution in [0.15, 0.2) is 24.3 Å². The normalized spacial score (nSPS) is 12.9. The third-order valence-electron chi connectivity index (χ3n) is 2.57. The van der Waals surface area contributed by atoms with Crippen molar-refractivity contribution in [1.29, 1.82) is 0 Å². The van der Waals surface area contributed by atoms with E-state index in [0.29, 0.717) is 6.61 Å². The average Bonchev–Trinajstić information content (AvgIpc) is 2.37. The summed E-state index contributed by atoms with van der Waals surface area (Å²) < 4.78 is 44.7. The number of benzene rings is 1. The molecule has 0 saturated carbocycles. The maximum atomic E-state index is 12.0. The number of alkyl halides is 3. The van der Waals surface area contributed by atoms with Crippen molar-refractivity contribution in [3.8, 4) is 5.75 Å². The number of amides is 1. The Bertz CT molecular complexity index is 463. The van der Waals surface area contributed by atoms with Gasteiger partial charge in [0.15, 0.2) is 0 Å². The van der Waals surface area contributed by atoms with Gasteiger partial charge >= 0.3 is 6.36 Å². The van der Waals surface area contributed by atoms with Gasteiger partial charge in [0.05, 0.1) is 6.61 Å². The van der Waals surface area contributed by atoms with Crippen molar-refractivity contribution < 1.29 is 27.4 Å². The minimum Gasteiger partial charge on any atom is -0.406 e. The number of carbonyl (C=O) groups is 1. The molecule has 0 aromatic heterocycles. The van der Waals surface area contributed by atoms with Crippen molar-refractivity contribution in [2.45, 2.75) is 12.4 Å². The first-order chi connectivity index (χ1) is 9.73. The summed E-state index contributed by atoms with van der Waals surface area (Å²) in [5, 5.41) is 0. The van der Waals surface area contributed by atoms with Crippen LogP contribution < -0.4 is 10.5 Å². The molecule has 0 aliphatic carbocycles. The summed E-state index contributed by atoms with van der Waals surface area (Å²) in [5.74, 6) is -0.724. The highest BCUT2D eigenvalue weighted by molar-refractivity contribution is 5.94. The third-order valence-corrected chi connectivity index (χ3v) is 2.57. The Labute approximate surface area is 120 Å². The summed E-state index contributed by atoms with van der Waals surface area (Å²) in [7, 11) is 3.05. The summed E-state index contributed by atoms with van der Waals surface area (Å²) >= 11 is 0. The van der Waals surface area contributed by atoms with Crippen LogP contribution in [0.4, 0.5) is 13.2 Å². The molecule has 1 rings (SSSR count). The Kier molecular flexibility index (Phi) is 5.98. The standard InChI is InChI=1S/C13H17F3N2O3/c1-18(7-10(17)8-20-2)12(19)9-3-5-11(6-4-9)21-13(14,15)16/h3-6,10H,7-8,17H2,1-2H3. The molecule has 21 heavy (non-hydrogen) atoms. The summed E-state index contributed by atoms with van der Waals surface area (Å²) in [6, 6.07) is 4.37. The highest BCUT2D eigenvalue weighted by atomic mass is 19.4. The van der Waals surface area contributed by atoms with E-state index in [9.17, 15) is 18.0 Å². The molecule has 1 atom stereocenters. The molecule has 5 nitrogen and oxygen atoms in total. The van der Waals surface area contributed by atoms with Gasteiger partial charge in [-0.3, -0.25) is 4.79 Å². The second kappa shape index (κ2) is 7.28.